The van der Waals surface area contributed by atoms with Crippen molar-refractivity contribution in [2.45, 2.75) is 20.8 Å². The summed E-state index contributed by atoms with van der Waals surface area (Å²) in [6.07, 6.45) is 0. The van der Waals surface area contributed by atoms with Crippen LogP contribution in [0.4, 0.5) is 0 Å². The van der Waals surface area contributed by atoms with Crippen molar-refractivity contribution >= 4 is 5.97 Å². The third-order valence-corrected chi connectivity index (χ3v) is 2.85. The number of para-hydroxylation sites is 1. The number of carboxylic acids is 1. The van der Waals surface area contributed by atoms with E-state index < -0.39 is 5.97 Å². The number of nitrogens with zero attached hydrogens (tertiary/aromatic N) is 1. The maximum atomic E-state index is 11.0. The van der Waals surface area contributed by atoms with Crippen LogP contribution in [0.15, 0.2) is 24.3 Å². The molecule has 0 atom stereocenters. The number of hydrogen-bond donors (Lipinski definition) is 1. The van der Waals surface area contributed by atoms with Gasteiger partial charge in [-0.25, -0.2) is 4.79 Å². The maximum absolute atomic E-state index is 11.0. The molecule has 0 aliphatic carbocycles. The lowest BCUT2D eigenvalue weighted by Gasteiger charge is -2.22. The average Bonchev–Trinajstić information content (AvgIpc) is 2.37. The van der Waals surface area contributed by atoms with Crippen molar-refractivity contribution in [3.63, 3.8) is 0 Å². The van der Waals surface area contributed by atoms with Gasteiger partial charge in [-0.3, -0.25) is 4.90 Å². The van der Waals surface area contributed by atoms with Gasteiger partial charge >= 0.3 is 5.97 Å². The van der Waals surface area contributed by atoms with Crippen molar-refractivity contribution in [1.82, 2.24) is 4.90 Å². The molecule has 0 amide bonds. The second kappa shape index (κ2) is 7.79. The normalized spacial score (nSPS) is 11.0. The zero-order valence-corrected chi connectivity index (χ0v) is 11.9. The van der Waals surface area contributed by atoms with Gasteiger partial charge in [0.1, 0.15) is 17.9 Å². The van der Waals surface area contributed by atoms with Crippen LogP contribution in [0.5, 0.6) is 5.75 Å². The Morgan fingerprint density at radius 1 is 1.37 bits per heavy atom. The minimum atomic E-state index is -0.954. The van der Waals surface area contributed by atoms with Crippen LogP contribution in [0, 0.1) is 5.92 Å². The van der Waals surface area contributed by atoms with Crippen molar-refractivity contribution in [1.29, 1.82) is 0 Å². The molecule has 1 aromatic rings. The molecule has 0 saturated heterocycles. The molecule has 0 aliphatic rings. The first-order chi connectivity index (χ1) is 9.04. The van der Waals surface area contributed by atoms with Crippen molar-refractivity contribution < 1.29 is 14.6 Å². The number of carboxylic acid groups (broad SMARTS) is 1. The Morgan fingerprint density at radius 2 is 2.05 bits per heavy atom. The predicted octanol–water partition coefficient (Wildman–Crippen LogP) is 2.74. The molecule has 0 saturated carbocycles. The molecule has 19 heavy (non-hydrogen) atoms. The summed E-state index contributed by atoms with van der Waals surface area (Å²) in [5.41, 5.74) is 0.217. The molecule has 1 N–H and O–H groups in total. The van der Waals surface area contributed by atoms with E-state index in [1.165, 1.54) is 0 Å². The lowest BCUT2D eigenvalue weighted by atomic mass is 10.2. The van der Waals surface area contributed by atoms with Gasteiger partial charge in [0.2, 0.25) is 0 Å². The molecule has 106 valence electrons. The molecule has 1 aromatic carbocycles. The van der Waals surface area contributed by atoms with E-state index in [0.717, 1.165) is 19.6 Å². The van der Waals surface area contributed by atoms with Crippen LogP contribution < -0.4 is 4.74 Å². The monoisotopic (exact) mass is 265 g/mol. The van der Waals surface area contributed by atoms with E-state index in [1.54, 1.807) is 24.3 Å². The van der Waals surface area contributed by atoms with Crippen molar-refractivity contribution in [3.05, 3.63) is 29.8 Å². The summed E-state index contributed by atoms with van der Waals surface area (Å²) in [6.45, 7) is 9.80. The highest BCUT2D eigenvalue weighted by Crippen LogP contribution is 2.17. The predicted molar refractivity (Wildman–Crippen MR) is 75.8 cm³/mol. The van der Waals surface area contributed by atoms with Gasteiger partial charge in [0.15, 0.2) is 0 Å². The summed E-state index contributed by atoms with van der Waals surface area (Å²) >= 11 is 0. The SMILES string of the molecule is CCN(CCOc1ccccc1C(=O)O)CC(C)C. The third kappa shape index (κ3) is 5.30. The Kier molecular flexibility index (Phi) is 6.36. The lowest BCUT2D eigenvalue weighted by Crippen LogP contribution is -2.31. The Morgan fingerprint density at radius 3 is 2.63 bits per heavy atom. The van der Waals surface area contributed by atoms with Gasteiger partial charge in [-0.2, -0.15) is 0 Å². The smallest absolute Gasteiger partial charge is 0.339 e. The number of rotatable bonds is 8. The van der Waals surface area contributed by atoms with Gasteiger partial charge in [0, 0.05) is 13.1 Å². The summed E-state index contributed by atoms with van der Waals surface area (Å²) in [4.78, 5) is 13.3. The second-order valence-corrected chi connectivity index (χ2v) is 4.94. The fourth-order valence-corrected chi connectivity index (χ4v) is 1.95. The summed E-state index contributed by atoms with van der Waals surface area (Å²) in [7, 11) is 0. The van der Waals surface area contributed by atoms with Crippen LogP contribution in [0.3, 0.4) is 0 Å². The fourth-order valence-electron chi connectivity index (χ4n) is 1.95. The van der Waals surface area contributed by atoms with E-state index in [2.05, 4.69) is 25.7 Å². The Labute approximate surface area is 115 Å². The molecule has 0 bridgehead atoms. The number of ether oxygens (including phenoxy) is 1. The standard InChI is InChI=1S/C15H23NO3/c1-4-16(11-12(2)3)9-10-19-14-8-6-5-7-13(14)15(17)18/h5-8,12H,4,9-11H2,1-3H3,(H,17,18). The number of likely N-dealkylation sites (N-methyl/N-ethyl adjacent to an activating group) is 1. The van der Waals surface area contributed by atoms with Crippen LogP contribution >= 0.6 is 0 Å². The Hall–Kier alpha value is -1.55. The van der Waals surface area contributed by atoms with E-state index in [1.807, 2.05) is 0 Å². The molecule has 1 rings (SSSR count). The van der Waals surface area contributed by atoms with Gasteiger partial charge in [-0.05, 0) is 24.6 Å². The highest BCUT2D eigenvalue weighted by molar-refractivity contribution is 5.90. The molecule has 0 radical (unpaired) electrons. The van der Waals surface area contributed by atoms with Crippen LogP contribution in [0.1, 0.15) is 31.1 Å². The number of hydrogen-bond acceptors (Lipinski definition) is 3. The summed E-state index contributed by atoms with van der Waals surface area (Å²) in [5.74, 6) is 0.104. The van der Waals surface area contributed by atoms with Gasteiger partial charge in [-0.1, -0.05) is 32.9 Å². The molecule has 4 nitrogen and oxygen atoms in total. The summed E-state index contributed by atoms with van der Waals surface area (Å²) in [6, 6.07) is 6.74. The van der Waals surface area contributed by atoms with E-state index in [0.29, 0.717) is 18.3 Å². The van der Waals surface area contributed by atoms with E-state index >= 15 is 0 Å². The topological polar surface area (TPSA) is 49.8 Å². The Bertz CT molecular complexity index is 404. The van der Waals surface area contributed by atoms with E-state index in [-0.39, 0.29) is 5.56 Å². The quantitative estimate of drug-likeness (QED) is 0.785. The first-order valence-corrected chi connectivity index (χ1v) is 6.72. The van der Waals surface area contributed by atoms with E-state index in [9.17, 15) is 4.79 Å². The van der Waals surface area contributed by atoms with Gasteiger partial charge < -0.3 is 9.84 Å². The molecule has 0 fully saturated rings. The summed E-state index contributed by atoms with van der Waals surface area (Å²) < 4.78 is 5.59. The third-order valence-electron chi connectivity index (χ3n) is 2.85. The summed E-state index contributed by atoms with van der Waals surface area (Å²) in [5, 5.41) is 9.05. The lowest BCUT2D eigenvalue weighted by molar-refractivity contribution is 0.0691. The zero-order chi connectivity index (χ0) is 14.3. The van der Waals surface area contributed by atoms with Crippen LogP contribution in [0.25, 0.3) is 0 Å². The molecular formula is C15H23NO3. The minimum absolute atomic E-state index is 0.217. The van der Waals surface area contributed by atoms with Crippen LogP contribution in [-0.4, -0.2) is 42.2 Å². The maximum Gasteiger partial charge on any atom is 0.339 e. The van der Waals surface area contributed by atoms with Crippen LogP contribution in [0.2, 0.25) is 0 Å². The minimum Gasteiger partial charge on any atom is -0.491 e. The molecule has 4 heteroatoms. The largest absolute Gasteiger partial charge is 0.491 e. The van der Waals surface area contributed by atoms with Gasteiger partial charge in [-0.15, -0.1) is 0 Å². The first kappa shape index (κ1) is 15.5. The molecule has 0 unspecified atom stereocenters. The Balaban J connectivity index is 2.50. The van der Waals surface area contributed by atoms with Crippen molar-refractivity contribution in [2.24, 2.45) is 5.92 Å². The van der Waals surface area contributed by atoms with Crippen molar-refractivity contribution in [2.75, 3.05) is 26.2 Å². The fraction of sp³-hybridized carbons (Fsp3) is 0.533. The molecule has 0 heterocycles. The zero-order valence-electron chi connectivity index (χ0n) is 11.9. The molecule has 0 aliphatic heterocycles. The first-order valence-electron chi connectivity index (χ1n) is 6.72. The average molecular weight is 265 g/mol. The second-order valence-electron chi connectivity index (χ2n) is 4.94. The molecular weight excluding hydrogens is 242 g/mol. The molecule has 0 aromatic heterocycles. The number of benzene rings is 1. The highest BCUT2D eigenvalue weighted by Gasteiger charge is 2.11. The van der Waals surface area contributed by atoms with Gasteiger partial charge in [0.05, 0.1) is 0 Å². The van der Waals surface area contributed by atoms with Crippen molar-refractivity contribution in [3.8, 4) is 5.75 Å². The number of aromatic carboxylic acids is 1. The molecule has 0 spiro atoms. The van der Waals surface area contributed by atoms with Gasteiger partial charge in [0.25, 0.3) is 0 Å². The number of carbonyl (C=O) groups is 1. The van der Waals surface area contributed by atoms with Crippen LogP contribution in [-0.2, 0) is 0 Å². The highest BCUT2D eigenvalue weighted by atomic mass is 16.5. The van der Waals surface area contributed by atoms with E-state index in [4.69, 9.17) is 9.84 Å².